The Morgan fingerprint density at radius 2 is 1.94 bits per heavy atom. The van der Waals surface area contributed by atoms with Gasteiger partial charge in [0.25, 0.3) is 0 Å². The maximum Gasteiger partial charge on any atom is 0.235 e. The number of rotatable bonds is 8. The molecular weight excluding hydrogens is 274 g/mol. The van der Waals surface area contributed by atoms with Gasteiger partial charge in [0.2, 0.25) is 15.9 Å². The molecule has 8 heteroatoms. The second kappa shape index (κ2) is 7.65. The van der Waals surface area contributed by atoms with Crippen LogP contribution in [0.25, 0.3) is 0 Å². The summed E-state index contributed by atoms with van der Waals surface area (Å²) in [5.74, 6) is -0.333. The fourth-order valence-corrected chi connectivity index (χ4v) is 3.80. The maximum absolute atomic E-state index is 12.3. The summed E-state index contributed by atoms with van der Waals surface area (Å²) in [6.07, 6.45) is 0.295. The molecule has 0 aromatic rings. The second-order valence-corrected chi connectivity index (χ2v) is 6.31. The van der Waals surface area contributed by atoms with Gasteiger partial charge in [-0.2, -0.15) is 4.31 Å². The first-order valence-electron chi connectivity index (χ1n) is 5.86. The van der Waals surface area contributed by atoms with Crippen molar-refractivity contribution >= 4 is 33.1 Å². The second-order valence-electron chi connectivity index (χ2n) is 3.72. The number of hydrogen-bond donors (Lipinski definition) is 2. The lowest BCUT2D eigenvalue weighted by Crippen LogP contribution is -2.47. The third-order valence-electron chi connectivity index (χ3n) is 2.45. The van der Waals surface area contributed by atoms with Gasteiger partial charge in [0.05, 0.1) is 11.5 Å². The molecule has 0 spiro atoms. The lowest BCUT2D eigenvalue weighted by atomic mass is 10.3. The average molecular weight is 295 g/mol. The molecule has 1 atom stereocenters. The molecule has 0 aromatic carbocycles. The first kappa shape index (κ1) is 17.3. The molecule has 0 aliphatic heterocycles. The Bertz CT molecular complexity index is 395. The van der Waals surface area contributed by atoms with Gasteiger partial charge in [-0.1, -0.05) is 26.1 Å². The van der Waals surface area contributed by atoms with Crippen LogP contribution in [0.1, 0.15) is 27.2 Å². The van der Waals surface area contributed by atoms with E-state index in [2.05, 4.69) is 5.32 Å². The molecular formula is C10H21N3O3S2. The van der Waals surface area contributed by atoms with Gasteiger partial charge in [-0.25, -0.2) is 8.42 Å². The van der Waals surface area contributed by atoms with Crippen molar-refractivity contribution in [3.63, 3.8) is 0 Å². The van der Waals surface area contributed by atoms with Crippen molar-refractivity contribution in [1.82, 2.24) is 9.62 Å². The molecule has 0 heterocycles. The zero-order valence-corrected chi connectivity index (χ0v) is 12.6. The lowest BCUT2D eigenvalue weighted by Gasteiger charge is -2.24. The van der Waals surface area contributed by atoms with E-state index in [1.54, 1.807) is 20.8 Å². The standard InChI is InChI=1S/C10H21N3O3S2/c1-4-8(10(11)17)18(15,16)13(6-3)7-9(14)12-5-2/h8H,4-7H2,1-3H3,(H2,11,17)(H,12,14). The Labute approximate surface area is 114 Å². The van der Waals surface area contributed by atoms with Crippen LogP contribution in [-0.4, -0.2) is 48.5 Å². The van der Waals surface area contributed by atoms with Crippen molar-refractivity contribution in [3.05, 3.63) is 0 Å². The zero-order chi connectivity index (χ0) is 14.3. The van der Waals surface area contributed by atoms with Crippen LogP contribution >= 0.6 is 12.2 Å². The van der Waals surface area contributed by atoms with Crippen LogP contribution in [0.15, 0.2) is 0 Å². The molecule has 0 aliphatic rings. The zero-order valence-electron chi connectivity index (χ0n) is 11.0. The number of amides is 1. The normalized spacial score (nSPS) is 13.3. The number of hydrogen-bond acceptors (Lipinski definition) is 4. The van der Waals surface area contributed by atoms with Crippen molar-refractivity contribution in [2.45, 2.75) is 32.4 Å². The number of nitrogens with one attached hydrogen (secondary N) is 1. The SMILES string of the molecule is CCNC(=O)CN(CC)S(=O)(=O)C(CC)C(N)=S. The molecule has 0 aromatic heterocycles. The smallest absolute Gasteiger partial charge is 0.235 e. The minimum absolute atomic E-state index is 0.0631. The highest BCUT2D eigenvalue weighted by Gasteiger charge is 2.32. The minimum atomic E-state index is -3.67. The van der Waals surface area contributed by atoms with E-state index in [0.717, 1.165) is 4.31 Å². The number of nitrogens with two attached hydrogens (primary N) is 1. The van der Waals surface area contributed by atoms with E-state index in [1.165, 1.54) is 0 Å². The molecule has 0 radical (unpaired) electrons. The fourth-order valence-electron chi connectivity index (χ4n) is 1.53. The van der Waals surface area contributed by atoms with E-state index < -0.39 is 15.3 Å². The summed E-state index contributed by atoms with van der Waals surface area (Å²) in [7, 11) is -3.67. The molecule has 6 nitrogen and oxygen atoms in total. The monoisotopic (exact) mass is 295 g/mol. The molecule has 3 N–H and O–H groups in total. The van der Waals surface area contributed by atoms with Gasteiger partial charge in [-0.15, -0.1) is 0 Å². The summed E-state index contributed by atoms with van der Waals surface area (Å²) in [4.78, 5) is 11.4. The van der Waals surface area contributed by atoms with Crippen LogP contribution in [0.4, 0.5) is 0 Å². The van der Waals surface area contributed by atoms with Gasteiger partial charge in [0.15, 0.2) is 0 Å². The third-order valence-corrected chi connectivity index (χ3v) is 5.30. The van der Waals surface area contributed by atoms with E-state index in [9.17, 15) is 13.2 Å². The van der Waals surface area contributed by atoms with Crippen molar-refractivity contribution in [2.24, 2.45) is 5.73 Å². The first-order valence-corrected chi connectivity index (χ1v) is 7.77. The number of carbonyl (C=O) groups excluding carboxylic acids is 1. The summed E-state index contributed by atoms with van der Waals surface area (Å²) >= 11 is 4.77. The predicted molar refractivity (Wildman–Crippen MR) is 75.7 cm³/mol. The Morgan fingerprint density at radius 3 is 2.28 bits per heavy atom. The van der Waals surface area contributed by atoms with Crippen molar-refractivity contribution in [3.8, 4) is 0 Å². The van der Waals surface area contributed by atoms with E-state index in [4.69, 9.17) is 18.0 Å². The Morgan fingerprint density at radius 1 is 1.39 bits per heavy atom. The topological polar surface area (TPSA) is 92.5 Å². The third kappa shape index (κ3) is 4.51. The molecule has 0 fully saturated rings. The van der Waals surface area contributed by atoms with Crippen LogP contribution < -0.4 is 11.1 Å². The quantitative estimate of drug-likeness (QED) is 0.607. The van der Waals surface area contributed by atoms with Crippen molar-refractivity contribution < 1.29 is 13.2 Å². The Kier molecular flexibility index (Phi) is 7.34. The highest BCUT2D eigenvalue weighted by molar-refractivity contribution is 7.92. The summed E-state index contributed by atoms with van der Waals surface area (Å²) in [5, 5.41) is 1.64. The molecule has 0 aliphatic carbocycles. The van der Waals surface area contributed by atoms with Gasteiger partial charge in [0.1, 0.15) is 5.25 Å². The van der Waals surface area contributed by atoms with Crippen LogP contribution in [0, 0.1) is 0 Å². The molecule has 1 amide bonds. The minimum Gasteiger partial charge on any atom is -0.392 e. The van der Waals surface area contributed by atoms with Crippen LogP contribution in [0.5, 0.6) is 0 Å². The van der Waals surface area contributed by atoms with Gasteiger partial charge < -0.3 is 11.1 Å². The number of thiocarbonyl (C=S) groups is 1. The fraction of sp³-hybridized carbons (Fsp3) is 0.800. The van der Waals surface area contributed by atoms with Crippen LogP contribution in [-0.2, 0) is 14.8 Å². The molecule has 0 saturated heterocycles. The molecule has 1 unspecified atom stereocenters. The summed E-state index contributed by atoms with van der Waals surface area (Å²) in [6, 6.07) is 0. The van der Waals surface area contributed by atoms with E-state index >= 15 is 0 Å². The van der Waals surface area contributed by atoms with Gasteiger partial charge in [-0.3, -0.25) is 4.79 Å². The maximum atomic E-state index is 12.3. The molecule has 0 bridgehead atoms. The number of carbonyl (C=O) groups is 1. The highest BCUT2D eigenvalue weighted by atomic mass is 32.2. The van der Waals surface area contributed by atoms with Crippen molar-refractivity contribution in [2.75, 3.05) is 19.6 Å². The van der Waals surface area contributed by atoms with Crippen LogP contribution in [0.2, 0.25) is 0 Å². The molecule has 0 saturated carbocycles. The summed E-state index contributed by atoms with van der Waals surface area (Å²) in [6.45, 7) is 5.60. The van der Waals surface area contributed by atoms with E-state index in [0.29, 0.717) is 13.0 Å². The molecule has 106 valence electrons. The Hall–Kier alpha value is -0.730. The lowest BCUT2D eigenvalue weighted by molar-refractivity contribution is -0.121. The van der Waals surface area contributed by atoms with E-state index in [-0.39, 0.29) is 24.0 Å². The van der Waals surface area contributed by atoms with Crippen molar-refractivity contribution in [1.29, 1.82) is 0 Å². The van der Waals surface area contributed by atoms with Gasteiger partial charge in [-0.05, 0) is 13.3 Å². The number of nitrogens with zero attached hydrogens (tertiary/aromatic N) is 1. The molecule has 18 heavy (non-hydrogen) atoms. The molecule has 0 rings (SSSR count). The Balaban J connectivity index is 5.03. The van der Waals surface area contributed by atoms with E-state index in [1.807, 2.05) is 0 Å². The number of sulfonamides is 1. The van der Waals surface area contributed by atoms with Gasteiger partial charge >= 0.3 is 0 Å². The largest absolute Gasteiger partial charge is 0.392 e. The van der Waals surface area contributed by atoms with Gasteiger partial charge in [0, 0.05) is 13.1 Å². The first-order chi connectivity index (χ1) is 8.31. The summed E-state index contributed by atoms with van der Waals surface area (Å²) in [5.41, 5.74) is 5.44. The van der Waals surface area contributed by atoms with Crippen LogP contribution in [0.3, 0.4) is 0 Å². The highest BCUT2D eigenvalue weighted by Crippen LogP contribution is 2.12. The average Bonchev–Trinajstić information content (AvgIpc) is 2.25. The summed E-state index contributed by atoms with van der Waals surface area (Å²) < 4.78 is 25.6. The predicted octanol–water partition coefficient (Wildman–Crippen LogP) is -0.161. The number of likely N-dealkylation sites (N-methyl/N-ethyl adjacent to an activating group) is 2.